The Balaban J connectivity index is 1.19. The van der Waals surface area contributed by atoms with Gasteiger partial charge in [0.15, 0.2) is 23.2 Å². The van der Waals surface area contributed by atoms with Crippen LogP contribution in [-0.2, 0) is 28.9 Å². The van der Waals surface area contributed by atoms with E-state index in [2.05, 4.69) is 21.7 Å². The second-order valence-electron chi connectivity index (χ2n) is 18.4. The first-order chi connectivity index (χ1) is 35.3. The van der Waals surface area contributed by atoms with Crippen LogP contribution >= 0.6 is 7.52 Å². The summed E-state index contributed by atoms with van der Waals surface area (Å²) in [5.41, 5.74) is 0.616. The molecule has 0 aliphatic carbocycles. The van der Waals surface area contributed by atoms with E-state index in [0.29, 0.717) is 22.6 Å². The topological polar surface area (TPSA) is 201 Å². The third-order valence-electron chi connectivity index (χ3n) is 13.1. The van der Waals surface area contributed by atoms with Crippen LogP contribution in [0.1, 0.15) is 77.8 Å². The number of nitriles is 1. The minimum atomic E-state index is -3.88. The van der Waals surface area contributed by atoms with Gasteiger partial charge in [0.1, 0.15) is 34.9 Å². The summed E-state index contributed by atoms with van der Waals surface area (Å²) in [6, 6.07) is 44.0. The molecule has 2 N–H and O–H groups in total. The summed E-state index contributed by atoms with van der Waals surface area (Å²) in [4.78, 5) is 41.5. The molecule has 2 fully saturated rings. The van der Waals surface area contributed by atoms with Crippen molar-refractivity contribution in [3.63, 3.8) is 0 Å². The van der Waals surface area contributed by atoms with Gasteiger partial charge >= 0.3 is 0 Å². The zero-order valence-electron chi connectivity index (χ0n) is 41.4. The number of amides is 2. The number of carbonyl (C=O) groups excluding carboxylic acids is 2. The second-order valence-corrected chi connectivity index (χ2v) is 20.8. The van der Waals surface area contributed by atoms with E-state index >= 15 is 4.57 Å². The van der Waals surface area contributed by atoms with Gasteiger partial charge in [-0.05, 0) is 92.9 Å². The molecule has 2 bridgehead atoms. The van der Waals surface area contributed by atoms with Gasteiger partial charge in [0.2, 0.25) is 5.95 Å². The van der Waals surface area contributed by atoms with Gasteiger partial charge in [-0.1, -0.05) is 91.0 Å². The Hall–Kier alpha value is -7.29. The summed E-state index contributed by atoms with van der Waals surface area (Å²) < 4.78 is 59.1. The van der Waals surface area contributed by atoms with Gasteiger partial charge in [0.25, 0.3) is 19.3 Å². The molecule has 73 heavy (non-hydrogen) atoms. The Labute approximate surface area is 423 Å². The predicted octanol–water partition coefficient (Wildman–Crippen LogP) is 9.63. The molecule has 5 atom stereocenters. The third-order valence-corrected chi connectivity index (χ3v) is 16.1. The number of ether oxygens (including phenoxy) is 5. The molecular formula is C55H57N8O9P. The van der Waals surface area contributed by atoms with Crippen molar-refractivity contribution in [3.8, 4) is 17.6 Å². The highest BCUT2D eigenvalue weighted by atomic mass is 31.2. The summed E-state index contributed by atoms with van der Waals surface area (Å²) >= 11 is 0. The van der Waals surface area contributed by atoms with Crippen LogP contribution in [0.2, 0.25) is 0 Å². The van der Waals surface area contributed by atoms with Gasteiger partial charge in [0.05, 0.1) is 46.0 Å². The van der Waals surface area contributed by atoms with Crippen LogP contribution in [-0.4, -0.2) is 99.5 Å². The molecule has 7 aromatic rings. The van der Waals surface area contributed by atoms with E-state index < -0.39 is 49.0 Å². The minimum Gasteiger partial charge on any atom is -0.497 e. The zero-order valence-corrected chi connectivity index (χ0v) is 42.3. The lowest BCUT2D eigenvalue weighted by Gasteiger charge is -2.42. The fourth-order valence-corrected chi connectivity index (χ4v) is 12.8. The summed E-state index contributed by atoms with van der Waals surface area (Å²) in [7, 11) is -0.661. The lowest BCUT2D eigenvalue weighted by Crippen LogP contribution is -2.49. The van der Waals surface area contributed by atoms with Crippen molar-refractivity contribution >= 4 is 42.3 Å². The van der Waals surface area contributed by atoms with Crippen LogP contribution in [0.4, 0.5) is 11.8 Å². The van der Waals surface area contributed by atoms with E-state index in [1.54, 1.807) is 79.5 Å². The molecule has 0 saturated carbocycles. The van der Waals surface area contributed by atoms with E-state index in [9.17, 15) is 14.9 Å². The Kier molecular flexibility index (Phi) is 14.9. The molecule has 2 aromatic heterocycles. The number of anilines is 2. The highest BCUT2D eigenvalue weighted by Crippen LogP contribution is 2.60. The Bertz CT molecular complexity index is 3080. The molecule has 18 heteroatoms. The number of rotatable bonds is 20. The first-order valence-electron chi connectivity index (χ1n) is 24.0. The maximum absolute atomic E-state index is 15.7. The number of nitrogens with zero attached hydrogens (tertiary/aromatic N) is 6. The molecule has 5 aromatic carbocycles. The van der Waals surface area contributed by atoms with E-state index in [1.165, 1.54) is 6.33 Å². The van der Waals surface area contributed by atoms with Gasteiger partial charge in [0, 0.05) is 29.6 Å². The van der Waals surface area contributed by atoms with Crippen molar-refractivity contribution in [3.05, 3.63) is 174 Å². The van der Waals surface area contributed by atoms with Crippen LogP contribution < -0.4 is 20.1 Å². The van der Waals surface area contributed by atoms with Crippen molar-refractivity contribution in [2.24, 2.45) is 0 Å². The monoisotopic (exact) mass is 1000 g/mol. The Morgan fingerprint density at radius 2 is 1.33 bits per heavy atom. The SMILES string of the molecule is COc1ccc(C(OC[C@@]23CO[C@@H]([C@H](n4cnc5c(NC(=O)c6ccccc6)nc(NC(=O)c6ccccc6)nc54)O2)[C@@H]3OP(=O)(CCC#N)N(C(C)C)C(C)C)(c2ccccc2)c2ccc(OC)cc2)cc1. The average Bonchev–Trinajstić information content (AvgIpc) is 4.08. The minimum absolute atomic E-state index is 0.0213. The number of imidazole rings is 1. The van der Waals surface area contributed by atoms with Crippen molar-refractivity contribution in [1.82, 2.24) is 24.2 Å². The predicted molar refractivity (Wildman–Crippen MR) is 275 cm³/mol. The number of fused-ring (bicyclic) bond motifs is 3. The Morgan fingerprint density at radius 3 is 1.86 bits per heavy atom. The summed E-state index contributed by atoms with van der Waals surface area (Å²) in [5, 5.41) is 15.6. The van der Waals surface area contributed by atoms with Crippen LogP contribution in [0.15, 0.2) is 146 Å². The van der Waals surface area contributed by atoms with Gasteiger partial charge in [-0.25, -0.2) is 9.65 Å². The molecule has 2 amide bonds. The first-order valence-corrected chi connectivity index (χ1v) is 25.8. The lowest BCUT2D eigenvalue weighted by molar-refractivity contribution is -0.201. The van der Waals surface area contributed by atoms with Gasteiger partial charge in [-0.15, -0.1) is 0 Å². The van der Waals surface area contributed by atoms with Gasteiger partial charge in [-0.3, -0.25) is 24.0 Å². The smallest absolute Gasteiger partial charge is 0.274 e. The molecule has 9 rings (SSSR count). The van der Waals surface area contributed by atoms with Crippen molar-refractivity contribution in [2.45, 2.75) is 75.8 Å². The van der Waals surface area contributed by atoms with Crippen LogP contribution in [0, 0.1) is 11.3 Å². The fourth-order valence-electron chi connectivity index (χ4n) is 9.85. The molecule has 2 aliphatic rings. The van der Waals surface area contributed by atoms with Crippen LogP contribution in [0.3, 0.4) is 0 Å². The van der Waals surface area contributed by atoms with Gasteiger partial charge in [-0.2, -0.15) is 15.2 Å². The first kappa shape index (κ1) is 50.6. The highest BCUT2D eigenvalue weighted by molar-refractivity contribution is 7.56. The summed E-state index contributed by atoms with van der Waals surface area (Å²) in [6.45, 7) is 7.54. The number of hydrogen-bond acceptors (Lipinski definition) is 13. The molecule has 2 aliphatic heterocycles. The average molecular weight is 1010 g/mol. The van der Waals surface area contributed by atoms with Crippen LogP contribution in [0.5, 0.6) is 11.5 Å². The quantitative estimate of drug-likeness (QED) is 0.0540. The summed E-state index contributed by atoms with van der Waals surface area (Å²) in [6.07, 6.45) is -1.72. The van der Waals surface area contributed by atoms with E-state index in [4.69, 9.17) is 38.2 Å². The molecule has 0 spiro atoms. The van der Waals surface area contributed by atoms with Gasteiger partial charge < -0.3 is 33.5 Å². The van der Waals surface area contributed by atoms with Crippen molar-refractivity contribution in [1.29, 1.82) is 5.26 Å². The number of aromatic nitrogens is 4. The molecular weight excluding hydrogens is 948 g/mol. The van der Waals surface area contributed by atoms with Crippen molar-refractivity contribution < 1.29 is 42.4 Å². The molecule has 17 nitrogen and oxygen atoms in total. The fraction of sp³-hybridized carbons (Fsp3) is 0.309. The largest absolute Gasteiger partial charge is 0.497 e. The van der Waals surface area contributed by atoms with Crippen molar-refractivity contribution in [2.75, 3.05) is 44.2 Å². The second kappa shape index (κ2) is 21.4. The summed E-state index contributed by atoms with van der Waals surface area (Å²) in [5.74, 6) is 0.238. The number of nitrogens with one attached hydrogen (secondary N) is 2. The van der Waals surface area contributed by atoms with E-state index in [1.807, 2.05) is 111 Å². The molecule has 2 saturated heterocycles. The van der Waals surface area contributed by atoms with Crippen LogP contribution in [0.25, 0.3) is 11.2 Å². The molecule has 376 valence electrons. The normalized spacial score (nSPS) is 19.2. The molecule has 4 heterocycles. The number of hydrogen-bond donors (Lipinski definition) is 2. The molecule has 0 radical (unpaired) electrons. The number of carbonyl (C=O) groups is 2. The zero-order chi connectivity index (χ0) is 51.3. The highest BCUT2D eigenvalue weighted by Gasteiger charge is 2.66. The maximum Gasteiger partial charge on any atom is 0.274 e. The van der Waals surface area contributed by atoms with E-state index in [0.717, 1.165) is 16.7 Å². The Morgan fingerprint density at radius 1 is 0.795 bits per heavy atom. The maximum atomic E-state index is 15.7. The lowest BCUT2D eigenvalue weighted by atomic mass is 9.79. The number of benzene rings is 5. The van der Waals surface area contributed by atoms with E-state index in [-0.39, 0.29) is 60.8 Å². The number of methoxy groups -OCH3 is 2. The third kappa shape index (κ3) is 9.98. The molecule has 1 unspecified atom stereocenters. The standard InChI is InChI=1S/C55H57N8O9P/c1-36(2)63(37(3)4)73(66,32-16-31-56)72-47-46-52(62-35-57-45-48(58-50(64)38-17-10-7-11-18-38)59-53(60-49(45)62)61-51(65)39-19-12-8-13-20-39)71-54(47,33-69-46)34-70-55(40-21-14-9-15-22-40,41-23-27-43(67-5)28-24-41)42-25-29-44(68-6)30-26-42/h7-15,17-30,35-37,46-47,52H,16,32-34H2,1-6H3,(H2,58,59,60,61,64,65)/t46-,47+,52-,54-,73?/m1/s1.